The predicted molar refractivity (Wildman–Crippen MR) is 96.2 cm³/mol. The molecule has 2 aromatic rings. The van der Waals surface area contributed by atoms with E-state index >= 15 is 0 Å². The third kappa shape index (κ3) is 4.25. The number of aliphatic hydroxyl groups is 1. The number of anilines is 1. The van der Waals surface area contributed by atoms with Crippen molar-refractivity contribution in [2.45, 2.75) is 31.8 Å². The maximum atomic E-state index is 12.0. The van der Waals surface area contributed by atoms with E-state index in [1.54, 1.807) is 12.1 Å². The molecule has 3 N–H and O–H groups in total. The average molecular weight is 338 g/mol. The molecule has 5 heteroatoms. The average Bonchev–Trinajstić information content (AvgIpc) is 2.59. The molecule has 0 aromatic heterocycles. The smallest absolute Gasteiger partial charge is 0.313 e. The number of hydrogen-bond donors (Lipinski definition) is 3. The SMILES string of the molecule is Cc1cccc(NC(=O)C(=O)NC[C@]2(O)CCc3ccccc3C2)c1. The van der Waals surface area contributed by atoms with Crippen LogP contribution in [0.25, 0.3) is 0 Å². The molecule has 1 aliphatic carbocycles. The standard InChI is InChI=1S/C20H22N2O3/c1-14-5-4-8-17(11-14)22-19(24)18(23)21-13-20(25)10-9-15-6-2-3-7-16(15)12-20/h2-8,11,25H,9-10,12-13H2,1H3,(H,21,23)(H,22,24)/t20-/m0/s1. The zero-order valence-electron chi connectivity index (χ0n) is 14.2. The first-order valence-electron chi connectivity index (χ1n) is 8.40. The largest absolute Gasteiger partial charge is 0.388 e. The Hall–Kier alpha value is -2.66. The minimum atomic E-state index is -1.02. The maximum absolute atomic E-state index is 12.0. The van der Waals surface area contributed by atoms with Gasteiger partial charge in [0.05, 0.1) is 5.60 Å². The van der Waals surface area contributed by atoms with E-state index < -0.39 is 17.4 Å². The van der Waals surface area contributed by atoms with Crippen molar-refractivity contribution in [2.75, 3.05) is 11.9 Å². The Morgan fingerprint density at radius 1 is 1.08 bits per heavy atom. The minimum Gasteiger partial charge on any atom is -0.388 e. The van der Waals surface area contributed by atoms with Crippen LogP contribution < -0.4 is 10.6 Å². The first-order valence-corrected chi connectivity index (χ1v) is 8.40. The molecule has 130 valence electrons. The van der Waals surface area contributed by atoms with Crippen LogP contribution in [0.4, 0.5) is 5.69 Å². The summed E-state index contributed by atoms with van der Waals surface area (Å²) in [5, 5.41) is 15.9. The highest BCUT2D eigenvalue weighted by molar-refractivity contribution is 6.39. The molecule has 2 aromatic carbocycles. The van der Waals surface area contributed by atoms with Gasteiger partial charge >= 0.3 is 11.8 Å². The minimum absolute atomic E-state index is 0.0569. The van der Waals surface area contributed by atoms with Gasteiger partial charge in [-0.2, -0.15) is 0 Å². The highest BCUT2D eigenvalue weighted by Crippen LogP contribution is 2.28. The van der Waals surface area contributed by atoms with Gasteiger partial charge in [0.15, 0.2) is 0 Å². The molecule has 0 saturated carbocycles. The zero-order chi connectivity index (χ0) is 17.9. The van der Waals surface area contributed by atoms with Gasteiger partial charge in [0.1, 0.15) is 0 Å². The molecular weight excluding hydrogens is 316 g/mol. The van der Waals surface area contributed by atoms with Crippen LogP contribution in [-0.2, 0) is 22.4 Å². The Morgan fingerprint density at radius 3 is 2.60 bits per heavy atom. The van der Waals surface area contributed by atoms with Gasteiger partial charge in [0, 0.05) is 18.7 Å². The number of nitrogens with one attached hydrogen (secondary N) is 2. The topological polar surface area (TPSA) is 78.4 Å². The van der Waals surface area contributed by atoms with Gasteiger partial charge in [-0.05, 0) is 48.6 Å². The number of amides is 2. The third-order valence-electron chi connectivity index (χ3n) is 4.56. The molecule has 2 amide bonds. The Labute approximate surface area is 147 Å². The van der Waals surface area contributed by atoms with Crippen molar-refractivity contribution < 1.29 is 14.7 Å². The lowest BCUT2D eigenvalue weighted by Gasteiger charge is -2.33. The van der Waals surface area contributed by atoms with Crippen molar-refractivity contribution in [3.63, 3.8) is 0 Å². The normalized spacial score (nSPS) is 19.0. The van der Waals surface area contributed by atoms with Gasteiger partial charge in [0.2, 0.25) is 0 Å². The molecule has 0 spiro atoms. The van der Waals surface area contributed by atoms with E-state index in [-0.39, 0.29) is 6.54 Å². The van der Waals surface area contributed by atoms with Crippen LogP contribution >= 0.6 is 0 Å². The Bertz CT molecular complexity index is 803. The van der Waals surface area contributed by atoms with E-state index in [9.17, 15) is 14.7 Å². The monoisotopic (exact) mass is 338 g/mol. The molecule has 1 atom stereocenters. The first-order chi connectivity index (χ1) is 12.0. The van der Waals surface area contributed by atoms with Crippen LogP contribution in [0.15, 0.2) is 48.5 Å². The lowest BCUT2D eigenvalue weighted by molar-refractivity contribution is -0.136. The quantitative estimate of drug-likeness (QED) is 0.749. The summed E-state index contributed by atoms with van der Waals surface area (Å²) in [5.41, 5.74) is 2.87. The van der Waals surface area contributed by atoms with E-state index in [4.69, 9.17) is 0 Å². The fourth-order valence-electron chi connectivity index (χ4n) is 3.17. The first kappa shape index (κ1) is 17.2. The fourth-order valence-corrected chi connectivity index (χ4v) is 3.17. The number of carbonyl (C=O) groups excluding carboxylic acids is 2. The van der Waals surface area contributed by atoms with Gasteiger partial charge in [-0.3, -0.25) is 9.59 Å². The highest BCUT2D eigenvalue weighted by Gasteiger charge is 2.32. The lowest BCUT2D eigenvalue weighted by atomic mass is 9.80. The summed E-state index contributed by atoms with van der Waals surface area (Å²) >= 11 is 0. The molecule has 0 saturated heterocycles. The van der Waals surface area contributed by atoms with Crippen LogP contribution in [0.1, 0.15) is 23.1 Å². The molecule has 0 fully saturated rings. The summed E-state index contributed by atoms with van der Waals surface area (Å²) in [4.78, 5) is 24.0. The number of rotatable bonds is 3. The molecule has 0 heterocycles. The van der Waals surface area contributed by atoms with E-state index in [1.807, 2.05) is 37.3 Å². The van der Waals surface area contributed by atoms with Crippen molar-refractivity contribution >= 4 is 17.5 Å². The van der Waals surface area contributed by atoms with E-state index in [1.165, 1.54) is 5.56 Å². The van der Waals surface area contributed by atoms with Crippen molar-refractivity contribution in [1.29, 1.82) is 0 Å². The predicted octanol–water partition coefficient (Wildman–Crippen LogP) is 1.97. The summed E-state index contributed by atoms with van der Waals surface area (Å²) in [5.74, 6) is -1.47. The number of carbonyl (C=O) groups is 2. The highest BCUT2D eigenvalue weighted by atomic mass is 16.3. The van der Waals surface area contributed by atoms with Gasteiger partial charge in [-0.15, -0.1) is 0 Å². The number of benzene rings is 2. The second-order valence-corrected chi connectivity index (χ2v) is 6.68. The summed E-state index contributed by atoms with van der Waals surface area (Å²) < 4.78 is 0. The van der Waals surface area contributed by atoms with Crippen molar-refractivity contribution in [2.24, 2.45) is 0 Å². The van der Waals surface area contributed by atoms with Gasteiger partial charge in [-0.25, -0.2) is 0 Å². The van der Waals surface area contributed by atoms with Crippen LogP contribution in [0.5, 0.6) is 0 Å². The Balaban J connectivity index is 1.56. The fraction of sp³-hybridized carbons (Fsp3) is 0.300. The van der Waals surface area contributed by atoms with Gasteiger partial charge < -0.3 is 15.7 Å². The lowest BCUT2D eigenvalue weighted by Crippen LogP contribution is -2.49. The number of fused-ring (bicyclic) bond motifs is 1. The Kier molecular flexibility index (Phi) is 4.86. The second-order valence-electron chi connectivity index (χ2n) is 6.68. The summed E-state index contributed by atoms with van der Waals surface area (Å²) in [6.45, 7) is 1.97. The van der Waals surface area contributed by atoms with Crippen molar-refractivity contribution in [3.8, 4) is 0 Å². The molecule has 1 aliphatic rings. The third-order valence-corrected chi connectivity index (χ3v) is 4.56. The maximum Gasteiger partial charge on any atom is 0.313 e. The Morgan fingerprint density at radius 2 is 1.84 bits per heavy atom. The molecule has 0 aliphatic heterocycles. The molecule has 25 heavy (non-hydrogen) atoms. The van der Waals surface area contributed by atoms with Crippen LogP contribution in [0, 0.1) is 6.92 Å². The second kappa shape index (κ2) is 7.07. The van der Waals surface area contributed by atoms with Crippen LogP contribution in [0.2, 0.25) is 0 Å². The number of hydrogen-bond acceptors (Lipinski definition) is 3. The zero-order valence-corrected chi connectivity index (χ0v) is 14.2. The molecule has 0 bridgehead atoms. The van der Waals surface area contributed by atoms with Gasteiger partial charge in [0.25, 0.3) is 0 Å². The van der Waals surface area contributed by atoms with Crippen molar-refractivity contribution in [3.05, 3.63) is 65.2 Å². The van der Waals surface area contributed by atoms with E-state index in [2.05, 4.69) is 16.7 Å². The molecular formula is C20H22N2O3. The molecule has 5 nitrogen and oxygen atoms in total. The molecule has 0 radical (unpaired) electrons. The van der Waals surface area contributed by atoms with E-state index in [0.717, 1.165) is 17.5 Å². The summed E-state index contributed by atoms with van der Waals surface area (Å²) in [6, 6.07) is 15.2. The van der Waals surface area contributed by atoms with Crippen LogP contribution in [-0.4, -0.2) is 29.1 Å². The van der Waals surface area contributed by atoms with Gasteiger partial charge in [-0.1, -0.05) is 36.4 Å². The molecule has 3 rings (SSSR count). The summed E-state index contributed by atoms with van der Waals surface area (Å²) in [7, 11) is 0. The van der Waals surface area contributed by atoms with E-state index in [0.29, 0.717) is 18.5 Å². The molecule has 0 unspecified atom stereocenters. The van der Waals surface area contributed by atoms with Crippen LogP contribution in [0.3, 0.4) is 0 Å². The summed E-state index contributed by atoms with van der Waals surface area (Å²) in [6.07, 6.45) is 1.80. The van der Waals surface area contributed by atoms with Crippen molar-refractivity contribution in [1.82, 2.24) is 5.32 Å². The number of aryl methyl sites for hydroxylation is 2.